The number of nitrogens with one attached hydrogen (secondary N) is 3. The van der Waals surface area contributed by atoms with Gasteiger partial charge in [-0.2, -0.15) is 5.10 Å². The van der Waals surface area contributed by atoms with Gasteiger partial charge in [-0.05, 0) is 30.2 Å². The van der Waals surface area contributed by atoms with E-state index in [2.05, 4.69) is 29.0 Å². The van der Waals surface area contributed by atoms with Crippen LogP contribution < -0.4 is 10.7 Å². The second kappa shape index (κ2) is 7.06. The molecule has 0 aliphatic rings. The summed E-state index contributed by atoms with van der Waals surface area (Å²) in [5.41, 5.74) is 6.44. The maximum absolute atomic E-state index is 7.10. The lowest BCUT2D eigenvalue weighted by atomic mass is 10.1. The third-order valence-electron chi connectivity index (χ3n) is 2.41. The van der Waals surface area contributed by atoms with Crippen LogP contribution in [0.15, 0.2) is 48.6 Å². The van der Waals surface area contributed by atoms with E-state index in [9.17, 15) is 0 Å². The van der Waals surface area contributed by atoms with Crippen molar-refractivity contribution in [3.8, 4) is 0 Å². The van der Waals surface area contributed by atoms with Gasteiger partial charge in [0.2, 0.25) is 0 Å². The Balaban J connectivity index is 2.91. The number of hydrogen-bond acceptors (Lipinski definition) is 4. The van der Waals surface area contributed by atoms with E-state index >= 15 is 0 Å². The molecule has 18 heavy (non-hydrogen) atoms. The van der Waals surface area contributed by atoms with Gasteiger partial charge in [0.05, 0.1) is 5.69 Å². The van der Waals surface area contributed by atoms with Crippen molar-refractivity contribution in [2.45, 2.75) is 6.42 Å². The minimum Gasteiger partial charge on any atom is -0.388 e. The summed E-state index contributed by atoms with van der Waals surface area (Å²) in [5, 5.41) is 14.3. The van der Waals surface area contributed by atoms with E-state index in [1.807, 2.05) is 31.3 Å². The van der Waals surface area contributed by atoms with E-state index in [4.69, 9.17) is 5.41 Å². The van der Waals surface area contributed by atoms with Gasteiger partial charge < -0.3 is 10.7 Å². The fourth-order valence-corrected chi connectivity index (χ4v) is 1.48. The van der Waals surface area contributed by atoms with Gasteiger partial charge in [0.1, 0.15) is 5.71 Å². The summed E-state index contributed by atoms with van der Waals surface area (Å²) in [6.07, 6.45) is 5.35. The van der Waals surface area contributed by atoms with E-state index in [0.717, 1.165) is 24.0 Å². The predicted octanol–water partition coefficient (Wildman–Crippen LogP) is 3.06. The Morgan fingerprint density at radius 3 is 2.78 bits per heavy atom. The number of hydrogen-bond donors (Lipinski definition) is 3. The molecule has 0 aliphatic heterocycles. The highest BCUT2D eigenvalue weighted by Gasteiger charge is 2.00. The van der Waals surface area contributed by atoms with Gasteiger partial charge in [-0.25, -0.2) is 0 Å². The van der Waals surface area contributed by atoms with Gasteiger partial charge in [0, 0.05) is 18.9 Å². The fraction of sp³-hybridized carbons (Fsp3) is 0.143. The van der Waals surface area contributed by atoms with Gasteiger partial charge in [-0.3, -0.25) is 5.43 Å². The van der Waals surface area contributed by atoms with Crippen LogP contribution in [0.25, 0.3) is 0 Å². The maximum atomic E-state index is 7.10. The second-order valence-corrected chi connectivity index (χ2v) is 3.61. The highest BCUT2D eigenvalue weighted by Crippen LogP contribution is 2.21. The van der Waals surface area contributed by atoms with Crippen LogP contribution in [0.2, 0.25) is 0 Å². The molecular weight excluding hydrogens is 224 g/mol. The van der Waals surface area contributed by atoms with Crippen LogP contribution in [-0.2, 0) is 6.42 Å². The molecule has 0 aliphatic carbocycles. The SMILES string of the molecule is C=CCc1ccc(N/N=C(/C=C)C=N)cc1NC. The van der Waals surface area contributed by atoms with Gasteiger partial charge >= 0.3 is 0 Å². The molecular formula is C14H18N4. The van der Waals surface area contributed by atoms with Crippen molar-refractivity contribution >= 4 is 23.3 Å². The minimum atomic E-state index is 0.483. The molecule has 1 aromatic carbocycles. The Labute approximate surface area is 108 Å². The Hall–Kier alpha value is -2.36. The summed E-state index contributed by atoms with van der Waals surface area (Å²) in [5.74, 6) is 0. The quantitative estimate of drug-likeness (QED) is 0.391. The smallest absolute Gasteiger partial charge is 0.100 e. The number of nitrogens with zero attached hydrogens (tertiary/aromatic N) is 1. The van der Waals surface area contributed by atoms with Crippen LogP contribution in [0, 0.1) is 5.41 Å². The highest BCUT2D eigenvalue weighted by atomic mass is 15.3. The number of rotatable bonds is 7. The molecule has 0 atom stereocenters. The predicted molar refractivity (Wildman–Crippen MR) is 79.9 cm³/mol. The summed E-state index contributed by atoms with van der Waals surface area (Å²) in [4.78, 5) is 0. The summed E-state index contributed by atoms with van der Waals surface area (Å²) >= 11 is 0. The molecule has 0 amide bonds. The number of hydrazone groups is 1. The summed E-state index contributed by atoms with van der Waals surface area (Å²) < 4.78 is 0. The molecule has 0 saturated heterocycles. The molecule has 94 valence electrons. The van der Waals surface area contributed by atoms with Crippen molar-refractivity contribution in [1.82, 2.24) is 0 Å². The monoisotopic (exact) mass is 242 g/mol. The second-order valence-electron chi connectivity index (χ2n) is 3.61. The van der Waals surface area contributed by atoms with E-state index in [0.29, 0.717) is 5.71 Å². The lowest BCUT2D eigenvalue weighted by Crippen LogP contribution is -2.01. The zero-order chi connectivity index (χ0) is 13.4. The van der Waals surface area contributed by atoms with Gasteiger partial charge in [-0.15, -0.1) is 6.58 Å². The first kappa shape index (κ1) is 13.7. The van der Waals surface area contributed by atoms with Crippen LogP contribution in [0.3, 0.4) is 0 Å². The first-order valence-electron chi connectivity index (χ1n) is 5.63. The van der Waals surface area contributed by atoms with E-state index in [-0.39, 0.29) is 0 Å². The third-order valence-corrected chi connectivity index (χ3v) is 2.41. The zero-order valence-electron chi connectivity index (χ0n) is 10.5. The molecule has 0 unspecified atom stereocenters. The number of anilines is 2. The van der Waals surface area contributed by atoms with Crippen LogP contribution in [0.1, 0.15) is 5.56 Å². The Kier molecular flexibility index (Phi) is 5.38. The molecule has 1 rings (SSSR count). The van der Waals surface area contributed by atoms with Crippen molar-refractivity contribution < 1.29 is 0 Å². The molecule has 0 saturated carbocycles. The fourth-order valence-electron chi connectivity index (χ4n) is 1.48. The Morgan fingerprint density at radius 1 is 1.44 bits per heavy atom. The van der Waals surface area contributed by atoms with E-state index < -0.39 is 0 Å². The van der Waals surface area contributed by atoms with Gasteiger partial charge in [0.25, 0.3) is 0 Å². The Bertz CT molecular complexity index is 465. The topological polar surface area (TPSA) is 60.3 Å². The van der Waals surface area contributed by atoms with Crippen molar-refractivity contribution in [3.05, 3.63) is 49.1 Å². The number of allylic oxidation sites excluding steroid dienone is 2. The normalized spacial score (nSPS) is 10.6. The molecule has 0 heterocycles. The standard InChI is InChI=1S/C14H18N4/c1-4-6-11-7-8-13(9-14(11)16-3)18-17-12(5-2)10-15/h4-5,7-10,15-16,18H,1-2,6H2,3H3/b15-10?,17-12-. The molecule has 4 nitrogen and oxygen atoms in total. The molecule has 3 N–H and O–H groups in total. The first-order chi connectivity index (χ1) is 8.74. The van der Waals surface area contributed by atoms with Crippen LogP contribution in [-0.4, -0.2) is 19.0 Å². The summed E-state index contributed by atoms with van der Waals surface area (Å²) in [6.45, 7) is 7.31. The molecule has 0 fully saturated rings. The average molecular weight is 242 g/mol. The van der Waals surface area contributed by atoms with Gasteiger partial charge in [0.15, 0.2) is 0 Å². The van der Waals surface area contributed by atoms with Crippen LogP contribution in [0.5, 0.6) is 0 Å². The number of benzene rings is 1. The lowest BCUT2D eigenvalue weighted by molar-refractivity contribution is 1.25. The van der Waals surface area contributed by atoms with Gasteiger partial charge in [-0.1, -0.05) is 18.7 Å². The zero-order valence-corrected chi connectivity index (χ0v) is 10.5. The van der Waals surface area contributed by atoms with Crippen LogP contribution >= 0.6 is 0 Å². The largest absolute Gasteiger partial charge is 0.388 e. The molecule has 0 spiro atoms. The van der Waals surface area contributed by atoms with E-state index in [1.165, 1.54) is 11.6 Å². The van der Waals surface area contributed by atoms with Crippen molar-refractivity contribution in [2.24, 2.45) is 5.10 Å². The molecule has 0 radical (unpaired) electrons. The summed E-state index contributed by atoms with van der Waals surface area (Å²) in [6, 6.07) is 5.92. The molecule has 0 aromatic heterocycles. The van der Waals surface area contributed by atoms with Crippen molar-refractivity contribution in [2.75, 3.05) is 17.8 Å². The van der Waals surface area contributed by atoms with Crippen molar-refractivity contribution in [3.63, 3.8) is 0 Å². The van der Waals surface area contributed by atoms with E-state index in [1.54, 1.807) is 0 Å². The minimum absolute atomic E-state index is 0.483. The summed E-state index contributed by atoms with van der Waals surface area (Å²) in [7, 11) is 1.88. The molecule has 1 aromatic rings. The maximum Gasteiger partial charge on any atom is 0.100 e. The van der Waals surface area contributed by atoms with Crippen molar-refractivity contribution in [1.29, 1.82) is 5.41 Å². The lowest BCUT2D eigenvalue weighted by Gasteiger charge is -2.10. The third kappa shape index (κ3) is 3.59. The Morgan fingerprint density at radius 2 is 2.22 bits per heavy atom. The highest BCUT2D eigenvalue weighted by molar-refractivity contribution is 6.34. The average Bonchev–Trinajstić information content (AvgIpc) is 2.41. The molecule has 0 bridgehead atoms. The molecule has 4 heteroatoms. The van der Waals surface area contributed by atoms with Crippen LogP contribution in [0.4, 0.5) is 11.4 Å². The first-order valence-corrected chi connectivity index (χ1v) is 5.63.